The molecule has 5 heteroatoms. The van der Waals surface area contributed by atoms with E-state index in [2.05, 4.69) is 0 Å². The van der Waals surface area contributed by atoms with Crippen LogP contribution in [0.3, 0.4) is 0 Å². The number of carboxylic acid groups (broad SMARTS) is 1. The lowest BCUT2D eigenvalue weighted by atomic mass is 10.3. The van der Waals surface area contributed by atoms with Gasteiger partial charge in [-0.15, -0.1) is 0 Å². The highest BCUT2D eigenvalue weighted by Crippen LogP contribution is 2.28. The zero-order valence-electron chi connectivity index (χ0n) is 9.65. The van der Waals surface area contributed by atoms with Crippen LogP contribution < -0.4 is 0 Å². The zero-order chi connectivity index (χ0) is 12.0. The van der Waals surface area contributed by atoms with Gasteiger partial charge >= 0.3 is 5.97 Å². The molecule has 0 radical (unpaired) electrons. The summed E-state index contributed by atoms with van der Waals surface area (Å²) < 4.78 is 5.39. The lowest BCUT2D eigenvalue weighted by molar-refractivity contribution is -0.140. The van der Waals surface area contributed by atoms with Crippen molar-refractivity contribution >= 4 is 11.9 Å². The van der Waals surface area contributed by atoms with E-state index in [9.17, 15) is 9.59 Å². The van der Waals surface area contributed by atoms with Crippen molar-refractivity contribution in [2.24, 2.45) is 5.92 Å². The molecule has 0 atom stereocenters. The lowest BCUT2D eigenvalue weighted by Gasteiger charge is -2.16. The van der Waals surface area contributed by atoms with Gasteiger partial charge in [0.05, 0.1) is 13.0 Å². The number of carboxylic acids is 1. The Kier molecular flexibility index (Phi) is 5.25. The second-order valence-electron chi connectivity index (χ2n) is 4.23. The van der Waals surface area contributed by atoms with Gasteiger partial charge in [0.1, 0.15) is 0 Å². The normalized spacial score (nSPS) is 14.8. The Bertz CT molecular complexity index is 250. The van der Waals surface area contributed by atoms with Gasteiger partial charge in [-0.1, -0.05) is 0 Å². The number of carbonyl (C=O) groups excluding carboxylic acids is 1. The van der Waals surface area contributed by atoms with Crippen LogP contribution in [0.15, 0.2) is 0 Å². The van der Waals surface area contributed by atoms with Crippen molar-refractivity contribution < 1.29 is 19.4 Å². The molecule has 1 amide bonds. The maximum absolute atomic E-state index is 11.4. The number of hydrogen-bond acceptors (Lipinski definition) is 3. The molecule has 0 unspecified atom stereocenters. The van der Waals surface area contributed by atoms with E-state index in [0.29, 0.717) is 13.2 Å². The van der Waals surface area contributed by atoms with Gasteiger partial charge in [-0.05, 0) is 18.8 Å². The first-order chi connectivity index (χ1) is 7.59. The maximum atomic E-state index is 11.4. The van der Waals surface area contributed by atoms with Gasteiger partial charge in [-0.3, -0.25) is 9.59 Å². The summed E-state index contributed by atoms with van der Waals surface area (Å²) in [5, 5.41) is 8.43. The summed E-state index contributed by atoms with van der Waals surface area (Å²) in [5.41, 5.74) is 0. The minimum Gasteiger partial charge on any atom is -0.481 e. The summed E-state index contributed by atoms with van der Waals surface area (Å²) in [6.45, 7) is 1.86. The molecule has 0 aromatic rings. The fraction of sp³-hybridized carbons (Fsp3) is 0.818. The van der Waals surface area contributed by atoms with Crippen molar-refractivity contribution in [1.82, 2.24) is 4.90 Å². The molecular formula is C11H19NO4. The molecule has 1 aliphatic carbocycles. The molecule has 16 heavy (non-hydrogen) atoms. The smallest absolute Gasteiger partial charge is 0.303 e. The molecular weight excluding hydrogens is 210 g/mol. The monoisotopic (exact) mass is 229 g/mol. The predicted molar refractivity (Wildman–Crippen MR) is 58.0 cm³/mol. The molecule has 0 heterocycles. The number of carbonyl (C=O) groups is 2. The topological polar surface area (TPSA) is 66.8 Å². The second kappa shape index (κ2) is 6.48. The number of rotatable bonds is 8. The molecule has 0 bridgehead atoms. The van der Waals surface area contributed by atoms with Crippen LogP contribution in [0.5, 0.6) is 0 Å². The van der Waals surface area contributed by atoms with Crippen molar-refractivity contribution in [3.05, 3.63) is 0 Å². The third-order valence-electron chi connectivity index (χ3n) is 2.60. The molecule has 1 fully saturated rings. The van der Waals surface area contributed by atoms with Gasteiger partial charge in [0, 0.05) is 26.6 Å². The number of ether oxygens (including phenoxy) is 1. The van der Waals surface area contributed by atoms with Crippen LogP contribution in [0.25, 0.3) is 0 Å². The average molecular weight is 229 g/mol. The third-order valence-corrected chi connectivity index (χ3v) is 2.60. The van der Waals surface area contributed by atoms with Crippen molar-refractivity contribution in [2.75, 3.05) is 26.8 Å². The van der Waals surface area contributed by atoms with Crippen molar-refractivity contribution in [3.63, 3.8) is 0 Å². The lowest BCUT2D eigenvalue weighted by Crippen LogP contribution is -2.30. The molecule has 5 nitrogen and oxygen atoms in total. The second-order valence-corrected chi connectivity index (χ2v) is 4.23. The van der Waals surface area contributed by atoms with Gasteiger partial charge in [0.15, 0.2) is 0 Å². The van der Waals surface area contributed by atoms with Crippen LogP contribution in [-0.4, -0.2) is 48.7 Å². The largest absolute Gasteiger partial charge is 0.481 e. The fourth-order valence-electron chi connectivity index (χ4n) is 1.27. The van der Waals surface area contributed by atoms with Crippen molar-refractivity contribution in [1.29, 1.82) is 0 Å². The Morgan fingerprint density at radius 1 is 1.38 bits per heavy atom. The maximum Gasteiger partial charge on any atom is 0.303 e. The van der Waals surface area contributed by atoms with E-state index in [1.54, 1.807) is 7.05 Å². The Morgan fingerprint density at radius 2 is 2.06 bits per heavy atom. The number of likely N-dealkylation sites (N-methyl/N-ethyl adjacent to an activating group) is 1. The standard InChI is InChI=1S/C11H19NO4/c1-12(10(13)4-5-11(14)15)6-7-16-8-9-2-3-9/h9H,2-8H2,1H3,(H,14,15). The van der Waals surface area contributed by atoms with Crippen molar-refractivity contribution in [2.45, 2.75) is 25.7 Å². The highest BCUT2D eigenvalue weighted by molar-refractivity contribution is 5.80. The average Bonchev–Trinajstić information content (AvgIpc) is 3.04. The Morgan fingerprint density at radius 3 is 2.62 bits per heavy atom. The van der Waals surface area contributed by atoms with E-state index in [1.165, 1.54) is 17.7 Å². The molecule has 92 valence electrons. The molecule has 0 aliphatic heterocycles. The first-order valence-corrected chi connectivity index (χ1v) is 5.63. The van der Waals surface area contributed by atoms with Gasteiger partial charge in [0.2, 0.25) is 5.91 Å². The molecule has 0 aromatic carbocycles. The SMILES string of the molecule is CN(CCOCC1CC1)C(=O)CCC(=O)O. The molecule has 1 aliphatic rings. The highest BCUT2D eigenvalue weighted by atomic mass is 16.5. The Labute approximate surface area is 95.4 Å². The van der Waals surface area contributed by atoms with E-state index in [-0.39, 0.29) is 18.7 Å². The summed E-state index contributed by atoms with van der Waals surface area (Å²) in [6, 6.07) is 0. The summed E-state index contributed by atoms with van der Waals surface area (Å²) in [7, 11) is 1.67. The number of aliphatic carboxylic acids is 1. The Hall–Kier alpha value is -1.10. The minimum atomic E-state index is -0.938. The minimum absolute atomic E-state index is 0.0639. The molecule has 1 N–H and O–H groups in total. The molecule has 0 aromatic heterocycles. The number of hydrogen-bond donors (Lipinski definition) is 1. The van der Waals surface area contributed by atoms with Gasteiger partial charge in [-0.25, -0.2) is 0 Å². The van der Waals surface area contributed by atoms with Crippen molar-refractivity contribution in [3.8, 4) is 0 Å². The predicted octanol–water partition coefficient (Wildman–Crippen LogP) is 0.736. The quantitative estimate of drug-likeness (QED) is 0.623. The highest BCUT2D eigenvalue weighted by Gasteiger charge is 2.21. The molecule has 0 saturated heterocycles. The molecule has 1 saturated carbocycles. The van der Waals surface area contributed by atoms with Crippen LogP contribution in [0.2, 0.25) is 0 Å². The van der Waals surface area contributed by atoms with E-state index < -0.39 is 5.97 Å². The van der Waals surface area contributed by atoms with Crippen LogP contribution in [0, 0.1) is 5.92 Å². The summed E-state index contributed by atoms with van der Waals surface area (Å²) in [4.78, 5) is 23.2. The van der Waals surface area contributed by atoms with Crippen LogP contribution in [0.1, 0.15) is 25.7 Å². The van der Waals surface area contributed by atoms with Gasteiger partial charge < -0.3 is 14.7 Å². The fourth-order valence-corrected chi connectivity index (χ4v) is 1.27. The zero-order valence-corrected chi connectivity index (χ0v) is 9.65. The van der Waals surface area contributed by atoms with Crippen LogP contribution in [0.4, 0.5) is 0 Å². The first kappa shape index (κ1) is 13.0. The van der Waals surface area contributed by atoms with Gasteiger partial charge in [-0.2, -0.15) is 0 Å². The number of amides is 1. The summed E-state index contributed by atoms with van der Waals surface area (Å²) in [5.74, 6) is -0.350. The summed E-state index contributed by atoms with van der Waals surface area (Å²) in [6.07, 6.45) is 2.47. The molecule has 1 rings (SSSR count). The van der Waals surface area contributed by atoms with E-state index in [4.69, 9.17) is 9.84 Å². The summed E-state index contributed by atoms with van der Waals surface area (Å²) >= 11 is 0. The van der Waals surface area contributed by atoms with E-state index in [0.717, 1.165) is 12.5 Å². The third kappa shape index (κ3) is 5.70. The Balaban J connectivity index is 2.00. The van der Waals surface area contributed by atoms with Gasteiger partial charge in [0.25, 0.3) is 0 Å². The number of nitrogens with zero attached hydrogens (tertiary/aromatic N) is 1. The van der Waals surface area contributed by atoms with Crippen LogP contribution in [-0.2, 0) is 14.3 Å². The van der Waals surface area contributed by atoms with E-state index in [1.807, 2.05) is 0 Å². The van der Waals surface area contributed by atoms with Crippen LogP contribution >= 0.6 is 0 Å². The first-order valence-electron chi connectivity index (χ1n) is 5.63. The molecule has 0 spiro atoms. The van der Waals surface area contributed by atoms with E-state index >= 15 is 0 Å².